The van der Waals surface area contributed by atoms with E-state index in [0.29, 0.717) is 17.4 Å². The zero-order valence-corrected chi connectivity index (χ0v) is 19.6. The van der Waals surface area contributed by atoms with Gasteiger partial charge in [-0.05, 0) is 92.8 Å². The Hall–Kier alpha value is -3.27. The molecule has 0 saturated carbocycles. The van der Waals surface area contributed by atoms with Crippen LogP contribution in [0.1, 0.15) is 51.2 Å². The van der Waals surface area contributed by atoms with Crippen molar-refractivity contribution in [3.05, 3.63) is 77.9 Å². The zero-order chi connectivity index (χ0) is 22.7. The summed E-state index contributed by atoms with van der Waals surface area (Å²) in [5.74, 6) is 2.68. The first-order valence-corrected chi connectivity index (χ1v) is 11.3. The van der Waals surface area contributed by atoms with Crippen molar-refractivity contribution < 1.29 is 9.47 Å². The molecule has 1 heterocycles. The fourth-order valence-electron chi connectivity index (χ4n) is 4.77. The lowest BCUT2D eigenvalue weighted by atomic mass is 9.79. The van der Waals surface area contributed by atoms with Crippen LogP contribution in [0.5, 0.6) is 17.2 Å². The van der Waals surface area contributed by atoms with Crippen LogP contribution >= 0.6 is 0 Å². The summed E-state index contributed by atoms with van der Waals surface area (Å²) in [6.45, 7) is 10.3. The Bertz CT molecular complexity index is 1100. The number of methoxy groups -OCH3 is 1. The molecule has 166 valence electrons. The summed E-state index contributed by atoms with van der Waals surface area (Å²) in [5.41, 5.74) is 4.96. The highest BCUT2D eigenvalue weighted by Gasteiger charge is 2.35. The van der Waals surface area contributed by atoms with Crippen LogP contribution in [0.2, 0.25) is 0 Å². The van der Waals surface area contributed by atoms with Crippen LogP contribution in [-0.2, 0) is 0 Å². The molecule has 0 bridgehead atoms. The Labute approximate surface area is 191 Å². The van der Waals surface area contributed by atoms with Crippen LogP contribution in [0.25, 0.3) is 0 Å². The summed E-state index contributed by atoms with van der Waals surface area (Å²) < 4.78 is 11.3. The Morgan fingerprint density at radius 1 is 1.03 bits per heavy atom. The van der Waals surface area contributed by atoms with E-state index >= 15 is 0 Å². The van der Waals surface area contributed by atoms with Crippen molar-refractivity contribution in [2.45, 2.75) is 45.6 Å². The Balaban J connectivity index is 1.50. The van der Waals surface area contributed by atoms with Crippen LogP contribution in [0, 0.1) is 0 Å². The lowest BCUT2D eigenvalue weighted by molar-refractivity contribution is 0.379. The molecule has 1 atom stereocenters. The number of hydrogen-bond acceptors (Lipinski definition) is 4. The van der Waals surface area contributed by atoms with E-state index in [9.17, 15) is 0 Å². The van der Waals surface area contributed by atoms with Gasteiger partial charge in [0.25, 0.3) is 0 Å². The van der Waals surface area contributed by atoms with Crippen LogP contribution in [-0.4, -0.2) is 25.4 Å². The van der Waals surface area contributed by atoms with E-state index in [1.54, 1.807) is 7.11 Å². The maximum absolute atomic E-state index is 5.95. The molecule has 0 aromatic heterocycles. The molecular formula is C28H32N2O2. The smallest absolute Gasteiger partial charge is 0.169 e. The Kier molecular flexibility index (Phi) is 6.22. The molecule has 32 heavy (non-hydrogen) atoms. The number of para-hydroxylation sites is 2. The first-order chi connectivity index (χ1) is 15.4. The van der Waals surface area contributed by atoms with Crippen molar-refractivity contribution >= 4 is 17.6 Å². The molecule has 0 amide bonds. The topological polar surface area (TPSA) is 34.1 Å². The first kappa shape index (κ1) is 21.9. The van der Waals surface area contributed by atoms with Crippen molar-refractivity contribution in [1.82, 2.24) is 0 Å². The molecule has 0 spiro atoms. The largest absolute Gasteiger partial charge is 0.493 e. The lowest BCUT2D eigenvalue weighted by Gasteiger charge is -2.47. The van der Waals surface area contributed by atoms with E-state index < -0.39 is 0 Å². The average molecular weight is 429 g/mol. The molecule has 0 aliphatic carbocycles. The van der Waals surface area contributed by atoms with E-state index in [-0.39, 0.29) is 5.54 Å². The quantitative estimate of drug-likeness (QED) is 0.385. The van der Waals surface area contributed by atoms with Crippen molar-refractivity contribution in [2.24, 2.45) is 4.99 Å². The van der Waals surface area contributed by atoms with Gasteiger partial charge in [-0.1, -0.05) is 25.1 Å². The number of rotatable bonds is 6. The highest BCUT2D eigenvalue weighted by molar-refractivity contribution is 5.83. The third kappa shape index (κ3) is 4.50. The standard InChI is InChI=1S/C28H32N2O2/c1-6-30-25-16-11-21(17-24(25)20(2)18-28(30,3)4)19-29-22-12-14-23(15-13-22)32-27-10-8-7-9-26(27)31-5/h7-17,19-20H,6,18H2,1-5H3/t20-/m0/s1. The molecule has 1 aliphatic rings. The number of aliphatic imine (C=N–C) groups is 1. The van der Waals surface area contributed by atoms with Crippen LogP contribution in [0.4, 0.5) is 11.4 Å². The van der Waals surface area contributed by atoms with Crippen LogP contribution in [0.3, 0.4) is 0 Å². The molecular weight excluding hydrogens is 396 g/mol. The average Bonchev–Trinajstić information content (AvgIpc) is 2.79. The molecule has 0 N–H and O–H groups in total. The van der Waals surface area contributed by atoms with E-state index in [0.717, 1.165) is 30.0 Å². The molecule has 1 aliphatic heterocycles. The van der Waals surface area contributed by atoms with Crippen molar-refractivity contribution in [3.8, 4) is 17.2 Å². The van der Waals surface area contributed by atoms with Gasteiger partial charge in [-0.15, -0.1) is 0 Å². The van der Waals surface area contributed by atoms with Gasteiger partial charge in [0.05, 0.1) is 12.8 Å². The second kappa shape index (κ2) is 9.07. The molecule has 0 radical (unpaired) electrons. The summed E-state index contributed by atoms with van der Waals surface area (Å²) in [6.07, 6.45) is 3.10. The summed E-state index contributed by atoms with van der Waals surface area (Å²) in [6, 6.07) is 22.1. The fraction of sp³-hybridized carbons (Fsp3) is 0.321. The Morgan fingerprint density at radius 2 is 1.75 bits per heavy atom. The maximum atomic E-state index is 5.95. The van der Waals surface area contributed by atoms with Gasteiger partial charge in [0, 0.05) is 24.0 Å². The second-order valence-corrected chi connectivity index (χ2v) is 8.99. The van der Waals surface area contributed by atoms with Crippen LogP contribution in [0.15, 0.2) is 71.7 Å². The SMILES string of the molecule is CCN1c2ccc(C=Nc3ccc(Oc4ccccc4OC)cc3)cc2[C@@H](C)CC1(C)C. The predicted molar refractivity (Wildman–Crippen MR) is 133 cm³/mol. The van der Waals surface area contributed by atoms with E-state index in [1.165, 1.54) is 11.3 Å². The molecule has 3 aromatic carbocycles. The first-order valence-electron chi connectivity index (χ1n) is 11.3. The molecule has 0 fully saturated rings. The minimum atomic E-state index is 0.185. The fourth-order valence-corrected chi connectivity index (χ4v) is 4.77. The van der Waals surface area contributed by atoms with Crippen LogP contribution < -0.4 is 14.4 Å². The molecule has 0 saturated heterocycles. The minimum Gasteiger partial charge on any atom is -0.493 e. The van der Waals surface area contributed by atoms with Gasteiger partial charge in [-0.25, -0.2) is 0 Å². The minimum absolute atomic E-state index is 0.185. The number of benzene rings is 3. The third-order valence-electron chi connectivity index (χ3n) is 6.22. The van der Waals surface area contributed by atoms with Gasteiger partial charge in [-0.2, -0.15) is 0 Å². The summed E-state index contributed by atoms with van der Waals surface area (Å²) >= 11 is 0. The Morgan fingerprint density at radius 3 is 2.44 bits per heavy atom. The number of ether oxygens (including phenoxy) is 2. The second-order valence-electron chi connectivity index (χ2n) is 8.99. The maximum Gasteiger partial charge on any atom is 0.169 e. The normalized spacial score (nSPS) is 17.3. The molecule has 4 heteroatoms. The van der Waals surface area contributed by atoms with Gasteiger partial charge in [0.2, 0.25) is 0 Å². The van der Waals surface area contributed by atoms with Crippen molar-refractivity contribution in [2.75, 3.05) is 18.6 Å². The zero-order valence-electron chi connectivity index (χ0n) is 19.6. The summed E-state index contributed by atoms with van der Waals surface area (Å²) in [4.78, 5) is 7.20. The molecule has 4 rings (SSSR count). The number of nitrogens with zero attached hydrogens (tertiary/aromatic N) is 2. The number of anilines is 1. The molecule has 4 nitrogen and oxygen atoms in total. The van der Waals surface area contributed by atoms with Gasteiger partial charge in [0.1, 0.15) is 5.75 Å². The number of fused-ring (bicyclic) bond motifs is 1. The molecule has 0 unspecified atom stereocenters. The molecule has 3 aromatic rings. The van der Waals surface area contributed by atoms with Crippen molar-refractivity contribution in [3.63, 3.8) is 0 Å². The predicted octanol–water partition coefficient (Wildman–Crippen LogP) is 7.35. The van der Waals surface area contributed by atoms with Gasteiger partial charge in [0.15, 0.2) is 11.5 Å². The van der Waals surface area contributed by atoms with E-state index in [2.05, 4.69) is 55.8 Å². The van der Waals surface area contributed by atoms with E-state index in [1.807, 2.05) is 54.7 Å². The van der Waals surface area contributed by atoms with Gasteiger partial charge in [-0.3, -0.25) is 4.99 Å². The van der Waals surface area contributed by atoms with Gasteiger partial charge >= 0.3 is 0 Å². The third-order valence-corrected chi connectivity index (χ3v) is 6.22. The van der Waals surface area contributed by atoms with Crippen molar-refractivity contribution in [1.29, 1.82) is 0 Å². The van der Waals surface area contributed by atoms with E-state index in [4.69, 9.17) is 9.47 Å². The summed E-state index contributed by atoms with van der Waals surface area (Å²) in [5, 5.41) is 0. The summed E-state index contributed by atoms with van der Waals surface area (Å²) in [7, 11) is 1.64. The monoisotopic (exact) mass is 428 g/mol. The number of hydrogen-bond donors (Lipinski definition) is 0. The highest BCUT2D eigenvalue weighted by atomic mass is 16.5. The lowest BCUT2D eigenvalue weighted by Crippen LogP contribution is -2.48. The highest BCUT2D eigenvalue weighted by Crippen LogP contribution is 2.43. The van der Waals surface area contributed by atoms with Gasteiger partial charge < -0.3 is 14.4 Å².